The van der Waals surface area contributed by atoms with Gasteiger partial charge in [0.15, 0.2) is 5.13 Å². The molecule has 0 unspecified atom stereocenters. The standard InChI is InChI=1S/C15H17N5O2S2/c1-3-11-5-16-13(22-11)8-23-14-6-17-15(24-14)19-12(21)4-10-7-20(2)9-18-10/h5-7,9H,3-4,8H2,1-2H3,(H,17,19,21). The summed E-state index contributed by atoms with van der Waals surface area (Å²) < 4.78 is 8.38. The van der Waals surface area contributed by atoms with Crippen molar-refractivity contribution < 1.29 is 9.21 Å². The third-order valence-corrected chi connectivity index (χ3v) is 5.21. The van der Waals surface area contributed by atoms with E-state index in [1.165, 1.54) is 11.3 Å². The van der Waals surface area contributed by atoms with Gasteiger partial charge in [0.25, 0.3) is 0 Å². The molecule has 0 radical (unpaired) electrons. The number of anilines is 1. The first-order valence-corrected chi connectivity index (χ1v) is 9.21. The van der Waals surface area contributed by atoms with E-state index in [9.17, 15) is 4.79 Å². The molecular weight excluding hydrogens is 346 g/mol. The SMILES string of the molecule is CCc1cnc(CSc2cnc(NC(=O)Cc3cn(C)cn3)s2)o1. The number of nitrogens with one attached hydrogen (secondary N) is 1. The molecule has 0 bridgehead atoms. The number of hydrogen-bond donors (Lipinski definition) is 1. The van der Waals surface area contributed by atoms with E-state index >= 15 is 0 Å². The summed E-state index contributed by atoms with van der Waals surface area (Å²) in [5.41, 5.74) is 0.733. The third-order valence-electron chi connectivity index (χ3n) is 3.12. The minimum absolute atomic E-state index is 0.125. The molecule has 3 rings (SSSR count). The van der Waals surface area contributed by atoms with Gasteiger partial charge in [-0.3, -0.25) is 4.79 Å². The molecule has 0 aliphatic heterocycles. The number of aromatic nitrogens is 4. The maximum Gasteiger partial charge on any atom is 0.232 e. The fourth-order valence-electron chi connectivity index (χ4n) is 1.98. The lowest BCUT2D eigenvalue weighted by atomic mass is 10.3. The molecule has 3 heterocycles. The molecule has 1 N–H and O–H groups in total. The van der Waals surface area contributed by atoms with E-state index in [1.807, 2.05) is 24.7 Å². The Hall–Kier alpha value is -2.13. The summed E-state index contributed by atoms with van der Waals surface area (Å²) >= 11 is 3.02. The maximum atomic E-state index is 12.0. The Morgan fingerprint density at radius 1 is 1.38 bits per heavy atom. The van der Waals surface area contributed by atoms with Crippen molar-refractivity contribution in [2.24, 2.45) is 7.05 Å². The van der Waals surface area contributed by atoms with Gasteiger partial charge in [0.05, 0.1) is 40.8 Å². The molecule has 0 fully saturated rings. The quantitative estimate of drug-likeness (QED) is 0.650. The lowest BCUT2D eigenvalue weighted by Gasteiger charge is -1.98. The molecule has 24 heavy (non-hydrogen) atoms. The van der Waals surface area contributed by atoms with Crippen molar-refractivity contribution in [3.8, 4) is 0 Å². The average Bonchev–Trinajstić information content (AvgIpc) is 3.27. The van der Waals surface area contributed by atoms with Gasteiger partial charge in [0.2, 0.25) is 11.8 Å². The summed E-state index contributed by atoms with van der Waals surface area (Å²) in [5.74, 6) is 2.10. The molecule has 0 aromatic carbocycles. The zero-order valence-electron chi connectivity index (χ0n) is 13.4. The van der Waals surface area contributed by atoms with Crippen LogP contribution >= 0.6 is 23.1 Å². The molecule has 9 heteroatoms. The second kappa shape index (κ2) is 7.63. The molecule has 0 aliphatic carbocycles. The Bertz CT molecular complexity index is 823. The van der Waals surface area contributed by atoms with Crippen LogP contribution in [-0.2, 0) is 30.4 Å². The molecule has 0 saturated heterocycles. The van der Waals surface area contributed by atoms with Crippen molar-refractivity contribution in [1.29, 1.82) is 0 Å². The minimum Gasteiger partial charge on any atom is -0.445 e. The second-order valence-corrected chi connectivity index (χ2v) is 7.41. The highest BCUT2D eigenvalue weighted by Gasteiger charge is 2.10. The van der Waals surface area contributed by atoms with Gasteiger partial charge in [0.1, 0.15) is 5.76 Å². The lowest BCUT2D eigenvalue weighted by molar-refractivity contribution is -0.115. The van der Waals surface area contributed by atoms with Gasteiger partial charge < -0.3 is 14.3 Å². The largest absolute Gasteiger partial charge is 0.445 e. The summed E-state index contributed by atoms with van der Waals surface area (Å²) in [5, 5.41) is 3.38. The predicted octanol–water partition coefficient (Wildman–Crippen LogP) is 2.90. The molecule has 0 aliphatic rings. The van der Waals surface area contributed by atoms with Gasteiger partial charge >= 0.3 is 0 Å². The number of thiazole rings is 1. The Morgan fingerprint density at radius 2 is 2.25 bits per heavy atom. The van der Waals surface area contributed by atoms with E-state index in [2.05, 4.69) is 20.3 Å². The summed E-state index contributed by atoms with van der Waals surface area (Å²) in [6.07, 6.45) is 8.07. The molecule has 3 aromatic heterocycles. The number of hydrogen-bond acceptors (Lipinski definition) is 7. The van der Waals surface area contributed by atoms with Crippen LogP contribution in [0.5, 0.6) is 0 Å². The zero-order chi connectivity index (χ0) is 16.9. The lowest BCUT2D eigenvalue weighted by Crippen LogP contribution is -2.14. The molecule has 126 valence electrons. The van der Waals surface area contributed by atoms with Crippen LogP contribution in [0.1, 0.15) is 24.3 Å². The van der Waals surface area contributed by atoms with Crippen molar-refractivity contribution in [1.82, 2.24) is 19.5 Å². The first kappa shape index (κ1) is 16.7. The van der Waals surface area contributed by atoms with Gasteiger partial charge in [-0.05, 0) is 0 Å². The number of nitrogens with zero attached hydrogens (tertiary/aromatic N) is 4. The number of amides is 1. The molecule has 1 amide bonds. The number of imidazole rings is 1. The first-order valence-electron chi connectivity index (χ1n) is 7.41. The molecule has 0 atom stereocenters. The minimum atomic E-state index is -0.125. The average molecular weight is 363 g/mol. The van der Waals surface area contributed by atoms with E-state index in [0.717, 1.165) is 22.1 Å². The van der Waals surface area contributed by atoms with Crippen LogP contribution in [0.4, 0.5) is 5.13 Å². The summed E-state index contributed by atoms with van der Waals surface area (Å²) in [4.78, 5) is 24.6. The van der Waals surface area contributed by atoms with E-state index in [-0.39, 0.29) is 12.3 Å². The number of carbonyl (C=O) groups excluding carboxylic acids is 1. The van der Waals surface area contributed by atoms with Crippen LogP contribution in [-0.4, -0.2) is 25.4 Å². The highest BCUT2D eigenvalue weighted by Crippen LogP contribution is 2.30. The van der Waals surface area contributed by atoms with E-state index in [1.54, 1.807) is 30.5 Å². The van der Waals surface area contributed by atoms with Crippen molar-refractivity contribution >= 4 is 34.1 Å². The Balaban J connectivity index is 1.50. The molecule has 7 nitrogen and oxygen atoms in total. The molecular formula is C15H17N5O2S2. The summed E-state index contributed by atoms with van der Waals surface area (Å²) in [7, 11) is 1.87. The van der Waals surface area contributed by atoms with Crippen LogP contribution in [0.3, 0.4) is 0 Å². The molecule has 0 saturated carbocycles. The summed E-state index contributed by atoms with van der Waals surface area (Å²) in [6.45, 7) is 2.03. The second-order valence-electron chi connectivity index (χ2n) is 5.10. The van der Waals surface area contributed by atoms with Gasteiger partial charge in [-0.25, -0.2) is 15.0 Å². The van der Waals surface area contributed by atoms with E-state index in [4.69, 9.17) is 4.42 Å². The monoisotopic (exact) mass is 363 g/mol. The molecule has 3 aromatic rings. The fourth-order valence-corrected chi connectivity index (χ4v) is 3.72. The normalized spacial score (nSPS) is 10.9. The van der Waals surface area contributed by atoms with Crippen LogP contribution in [0.2, 0.25) is 0 Å². The smallest absolute Gasteiger partial charge is 0.232 e. The fraction of sp³-hybridized carbons (Fsp3) is 0.333. The van der Waals surface area contributed by atoms with Crippen LogP contribution < -0.4 is 5.32 Å². The number of carbonyl (C=O) groups is 1. The van der Waals surface area contributed by atoms with Crippen LogP contribution in [0.25, 0.3) is 0 Å². The Morgan fingerprint density at radius 3 is 2.96 bits per heavy atom. The Labute approximate surface area is 147 Å². The maximum absolute atomic E-state index is 12.0. The van der Waals surface area contributed by atoms with Crippen LogP contribution in [0.15, 0.2) is 33.5 Å². The van der Waals surface area contributed by atoms with E-state index in [0.29, 0.717) is 16.8 Å². The predicted molar refractivity (Wildman–Crippen MR) is 93.1 cm³/mol. The van der Waals surface area contributed by atoms with Gasteiger partial charge in [-0.2, -0.15) is 0 Å². The highest BCUT2D eigenvalue weighted by atomic mass is 32.2. The molecule has 0 spiro atoms. The highest BCUT2D eigenvalue weighted by molar-refractivity contribution is 8.00. The third kappa shape index (κ3) is 4.45. The van der Waals surface area contributed by atoms with Crippen molar-refractivity contribution in [2.75, 3.05) is 5.32 Å². The van der Waals surface area contributed by atoms with Gasteiger partial charge in [0, 0.05) is 19.7 Å². The number of thioether (sulfide) groups is 1. The van der Waals surface area contributed by atoms with Crippen molar-refractivity contribution in [3.63, 3.8) is 0 Å². The van der Waals surface area contributed by atoms with Gasteiger partial charge in [-0.1, -0.05) is 18.3 Å². The number of oxazole rings is 1. The van der Waals surface area contributed by atoms with Crippen molar-refractivity contribution in [2.45, 2.75) is 29.7 Å². The topological polar surface area (TPSA) is 85.8 Å². The van der Waals surface area contributed by atoms with Crippen LogP contribution in [0, 0.1) is 0 Å². The summed E-state index contributed by atoms with van der Waals surface area (Å²) in [6, 6.07) is 0. The van der Waals surface area contributed by atoms with E-state index < -0.39 is 0 Å². The number of rotatable bonds is 7. The first-order chi connectivity index (χ1) is 11.6. The Kier molecular flexibility index (Phi) is 5.31. The zero-order valence-corrected chi connectivity index (χ0v) is 15.0. The number of aryl methyl sites for hydroxylation is 2. The van der Waals surface area contributed by atoms with Crippen molar-refractivity contribution in [3.05, 3.63) is 42.3 Å². The van der Waals surface area contributed by atoms with Gasteiger partial charge in [-0.15, -0.1) is 11.8 Å².